The van der Waals surface area contributed by atoms with E-state index in [2.05, 4.69) is 5.32 Å². The predicted octanol–water partition coefficient (Wildman–Crippen LogP) is -1.01. The second-order valence-corrected chi connectivity index (χ2v) is 7.58. The number of piperidine rings is 1. The van der Waals surface area contributed by atoms with Gasteiger partial charge in [-0.1, -0.05) is 0 Å². The van der Waals surface area contributed by atoms with Gasteiger partial charge in [0.1, 0.15) is 0 Å². The summed E-state index contributed by atoms with van der Waals surface area (Å²) in [4.78, 5) is 14.1. The van der Waals surface area contributed by atoms with Crippen molar-refractivity contribution >= 4 is 15.7 Å². The fraction of sp³-hybridized carbons (Fsp3) is 0.917. The molecule has 1 amide bonds. The first-order valence-corrected chi connectivity index (χ1v) is 8.68. The van der Waals surface area contributed by atoms with E-state index in [0.29, 0.717) is 13.0 Å². The molecule has 0 aromatic carbocycles. The molecule has 1 unspecified atom stereocenters. The largest absolute Gasteiger partial charge is 0.395 e. The molecule has 2 heterocycles. The number of aliphatic hydroxyl groups excluding tert-OH is 1. The summed E-state index contributed by atoms with van der Waals surface area (Å²) in [5.41, 5.74) is 0. The normalized spacial score (nSPS) is 30.2. The minimum atomic E-state index is -3.01. The maximum atomic E-state index is 12.5. The molecule has 0 aromatic rings. The van der Waals surface area contributed by atoms with Gasteiger partial charge in [-0.2, -0.15) is 0 Å². The Kier molecular flexibility index (Phi) is 4.81. The molecule has 19 heavy (non-hydrogen) atoms. The minimum Gasteiger partial charge on any atom is -0.395 e. The number of aliphatic hydroxyl groups is 1. The number of hydrogen-bond acceptors (Lipinski definition) is 5. The number of nitrogens with one attached hydrogen (secondary N) is 1. The zero-order valence-corrected chi connectivity index (χ0v) is 11.9. The zero-order valence-electron chi connectivity index (χ0n) is 11.0. The van der Waals surface area contributed by atoms with Crippen LogP contribution in [-0.4, -0.2) is 68.1 Å². The standard InChI is InChI=1S/C12H22N2O4S/c15-6-5-14(11-3-7-19(17,18)9-11)12(16)10-2-1-4-13-8-10/h10-11,13,15H,1-9H2/t10-,11?/m1/s1. The molecule has 0 aliphatic carbocycles. The van der Waals surface area contributed by atoms with Crippen LogP contribution in [0.1, 0.15) is 19.3 Å². The molecule has 2 aliphatic heterocycles. The van der Waals surface area contributed by atoms with Crippen LogP contribution in [-0.2, 0) is 14.6 Å². The van der Waals surface area contributed by atoms with Crippen LogP contribution in [0, 0.1) is 5.92 Å². The lowest BCUT2D eigenvalue weighted by atomic mass is 9.97. The van der Waals surface area contributed by atoms with Crippen molar-refractivity contribution in [3.05, 3.63) is 0 Å². The van der Waals surface area contributed by atoms with Crippen LogP contribution in [0.3, 0.4) is 0 Å². The van der Waals surface area contributed by atoms with Crippen molar-refractivity contribution < 1.29 is 18.3 Å². The number of hydrogen-bond donors (Lipinski definition) is 2. The van der Waals surface area contributed by atoms with Gasteiger partial charge in [0.25, 0.3) is 0 Å². The molecule has 0 saturated carbocycles. The Hall–Kier alpha value is -0.660. The fourth-order valence-electron chi connectivity index (χ4n) is 2.90. The molecular weight excluding hydrogens is 268 g/mol. The molecule has 0 radical (unpaired) electrons. The van der Waals surface area contributed by atoms with Crippen LogP contribution in [0.2, 0.25) is 0 Å². The van der Waals surface area contributed by atoms with Gasteiger partial charge in [-0.05, 0) is 25.8 Å². The van der Waals surface area contributed by atoms with Gasteiger partial charge >= 0.3 is 0 Å². The van der Waals surface area contributed by atoms with Crippen molar-refractivity contribution in [2.24, 2.45) is 5.92 Å². The van der Waals surface area contributed by atoms with Crippen molar-refractivity contribution in [3.8, 4) is 0 Å². The molecule has 7 heteroatoms. The third kappa shape index (κ3) is 3.67. The summed E-state index contributed by atoms with van der Waals surface area (Å²) in [5, 5.41) is 12.3. The van der Waals surface area contributed by atoms with Crippen LogP contribution in [0.4, 0.5) is 0 Å². The second kappa shape index (κ2) is 6.19. The molecule has 0 spiro atoms. The molecule has 0 aromatic heterocycles. The minimum absolute atomic E-state index is 0.0108. The molecule has 2 rings (SSSR count). The van der Waals surface area contributed by atoms with E-state index in [0.717, 1.165) is 19.4 Å². The Labute approximate surface area is 114 Å². The molecule has 2 saturated heterocycles. The quantitative estimate of drug-likeness (QED) is 0.693. The van der Waals surface area contributed by atoms with E-state index in [-0.39, 0.29) is 42.5 Å². The number of sulfone groups is 1. The maximum Gasteiger partial charge on any atom is 0.227 e. The SMILES string of the molecule is O=C([C@@H]1CCCNC1)N(CCO)C1CCS(=O)(=O)C1. The van der Waals surface area contributed by atoms with E-state index in [1.54, 1.807) is 4.90 Å². The van der Waals surface area contributed by atoms with Crippen molar-refractivity contribution in [2.75, 3.05) is 37.7 Å². The summed E-state index contributed by atoms with van der Waals surface area (Å²) in [7, 11) is -3.01. The monoisotopic (exact) mass is 290 g/mol. The summed E-state index contributed by atoms with van der Waals surface area (Å²) < 4.78 is 23.1. The summed E-state index contributed by atoms with van der Waals surface area (Å²) >= 11 is 0. The third-order valence-electron chi connectivity index (χ3n) is 3.92. The van der Waals surface area contributed by atoms with Gasteiger partial charge in [-0.3, -0.25) is 4.79 Å². The van der Waals surface area contributed by atoms with E-state index < -0.39 is 9.84 Å². The first kappa shape index (κ1) is 14.7. The predicted molar refractivity (Wildman–Crippen MR) is 71.5 cm³/mol. The molecule has 2 fully saturated rings. The highest BCUT2D eigenvalue weighted by molar-refractivity contribution is 7.91. The van der Waals surface area contributed by atoms with Crippen LogP contribution in [0.25, 0.3) is 0 Å². The van der Waals surface area contributed by atoms with Crippen molar-refractivity contribution in [1.29, 1.82) is 0 Å². The zero-order chi connectivity index (χ0) is 13.9. The molecule has 0 bridgehead atoms. The Morgan fingerprint density at radius 2 is 2.16 bits per heavy atom. The average molecular weight is 290 g/mol. The van der Waals surface area contributed by atoms with Crippen molar-refractivity contribution in [1.82, 2.24) is 10.2 Å². The topological polar surface area (TPSA) is 86.7 Å². The molecule has 6 nitrogen and oxygen atoms in total. The van der Waals surface area contributed by atoms with E-state index in [9.17, 15) is 13.2 Å². The van der Waals surface area contributed by atoms with Crippen LogP contribution < -0.4 is 5.32 Å². The van der Waals surface area contributed by atoms with Gasteiger partial charge in [0.2, 0.25) is 5.91 Å². The van der Waals surface area contributed by atoms with Crippen LogP contribution in [0.5, 0.6) is 0 Å². The van der Waals surface area contributed by atoms with E-state index in [4.69, 9.17) is 5.11 Å². The Morgan fingerprint density at radius 3 is 2.68 bits per heavy atom. The highest BCUT2D eigenvalue weighted by Crippen LogP contribution is 2.21. The molecule has 2 aliphatic rings. The lowest BCUT2D eigenvalue weighted by Gasteiger charge is -2.33. The van der Waals surface area contributed by atoms with Gasteiger partial charge in [0, 0.05) is 19.1 Å². The van der Waals surface area contributed by atoms with Gasteiger partial charge in [0.05, 0.1) is 24.0 Å². The number of amides is 1. The number of nitrogens with zero attached hydrogens (tertiary/aromatic N) is 1. The van der Waals surface area contributed by atoms with E-state index >= 15 is 0 Å². The maximum absolute atomic E-state index is 12.5. The van der Waals surface area contributed by atoms with Gasteiger partial charge in [-0.15, -0.1) is 0 Å². The Balaban J connectivity index is 2.04. The van der Waals surface area contributed by atoms with Crippen molar-refractivity contribution in [2.45, 2.75) is 25.3 Å². The second-order valence-electron chi connectivity index (χ2n) is 5.36. The Bertz CT molecular complexity index is 417. The summed E-state index contributed by atoms with van der Waals surface area (Å²) in [5.74, 6) is 0.0984. The van der Waals surface area contributed by atoms with Gasteiger partial charge < -0.3 is 15.3 Å². The Morgan fingerprint density at radius 1 is 1.37 bits per heavy atom. The third-order valence-corrected chi connectivity index (χ3v) is 5.67. The lowest BCUT2D eigenvalue weighted by Crippen LogP contribution is -2.49. The average Bonchev–Trinajstić information content (AvgIpc) is 2.76. The lowest BCUT2D eigenvalue weighted by molar-refractivity contribution is -0.138. The summed E-state index contributed by atoms with van der Waals surface area (Å²) in [6.07, 6.45) is 2.30. The smallest absolute Gasteiger partial charge is 0.227 e. The molecule has 2 atom stereocenters. The van der Waals surface area contributed by atoms with Crippen LogP contribution in [0.15, 0.2) is 0 Å². The highest BCUT2D eigenvalue weighted by Gasteiger charge is 2.36. The number of carbonyl (C=O) groups is 1. The van der Waals surface area contributed by atoms with Gasteiger partial charge in [-0.25, -0.2) is 8.42 Å². The fourth-order valence-corrected chi connectivity index (χ4v) is 4.63. The van der Waals surface area contributed by atoms with E-state index in [1.807, 2.05) is 0 Å². The van der Waals surface area contributed by atoms with Gasteiger partial charge in [0.15, 0.2) is 9.84 Å². The first-order valence-electron chi connectivity index (χ1n) is 6.86. The van der Waals surface area contributed by atoms with E-state index in [1.165, 1.54) is 0 Å². The van der Waals surface area contributed by atoms with Crippen molar-refractivity contribution in [3.63, 3.8) is 0 Å². The summed E-state index contributed by atoms with van der Waals surface area (Å²) in [6, 6.07) is -0.258. The number of carbonyl (C=O) groups excluding carboxylic acids is 1. The first-order chi connectivity index (χ1) is 9.03. The number of rotatable bonds is 4. The molecular formula is C12H22N2O4S. The molecule has 110 valence electrons. The molecule has 2 N–H and O–H groups in total. The van der Waals surface area contributed by atoms with Crippen LogP contribution >= 0.6 is 0 Å². The summed E-state index contributed by atoms with van der Waals surface area (Å²) in [6.45, 7) is 1.69. The highest BCUT2D eigenvalue weighted by atomic mass is 32.2.